The van der Waals surface area contributed by atoms with Crippen LogP contribution < -0.4 is 5.32 Å². The molecule has 1 aliphatic rings. The van der Waals surface area contributed by atoms with E-state index in [1.54, 1.807) is 24.3 Å². The van der Waals surface area contributed by atoms with E-state index in [1.165, 1.54) is 19.1 Å². The summed E-state index contributed by atoms with van der Waals surface area (Å²) in [4.78, 5) is 62.2. The number of imide groups is 1. The average Bonchev–Trinajstić information content (AvgIpc) is 2.82. The Morgan fingerprint density at radius 1 is 0.971 bits per heavy atom. The monoisotopic (exact) mass is 476 g/mol. The van der Waals surface area contributed by atoms with Crippen molar-refractivity contribution < 1.29 is 33.1 Å². The zero-order valence-electron chi connectivity index (χ0n) is 18.8. The zero-order chi connectivity index (χ0) is 25.1. The van der Waals surface area contributed by atoms with Gasteiger partial charge in [-0.1, -0.05) is 24.3 Å². The number of benzene rings is 3. The number of ether oxygens (including phenoxy) is 1. The smallest absolute Gasteiger partial charge is 0.306 e. The Morgan fingerprint density at radius 2 is 1.63 bits per heavy atom. The molecule has 0 fully saturated rings. The second-order valence-corrected chi connectivity index (χ2v) is 8.03. The van der Waals surface area contributed by atoms with Crippen molar-refractivity contribution in [2.75, 3.05) is 18.5 Å². The molecule has 35 heavy (non-hydrogen) atoms. The van der Waals surface area contributed by atoms with Gasteiger partial charge in [0.05, 0.1) is 5.56 Å². The topological polar surface area (TPSA) is 110 Å². The van der Waals surface area contributed by atoms with Crippen molar-refractivity contribution in [2.24, 2.45) is 0 Å². The van der Waals surface area contributed by atoms with Gasteiger partial charge >= 0.3 is 5.97 Å². The minimum absolute atomic E-state index is 0.00464. The molecule has 0 aliphatic carbocycles. The highest BCUT2D eigenvalue weighted by atomic mass is 19.1. The van der Waals surface area contributed by atoms with Crippen LogP contribution in [0.2, 0.25) is 0 Å². The summed E-state index contributed by atoms with van der Waals surface area (Å²) < 4.78 is 19.1. The number of anilines is 1. The molecule has 3 amide bonds. The predicted octanol–water partition coefficient (Wildman–Crippen LogP) is 3.74. The van der Waals surface area contributed by atoms with E-state index < -0.39 is 36.0 Å². The number of nitrogens with zero attached hydrogens (tertiary/aromatic N) is 1. The maximum absolute atomic E-state index is 14.2. The van der Waals surface area contributed by atoms with Crippen LogP contribution >= 0.6 is 0 Å². The summed E-state index contributed by atoms with van der Waals surface area (Å²) >= 11 is 0. The molecular formula is C26H21FN2O6. The van der Waals surface area contributed by atoms with E-state index in [1.807, 2.05) is 12.1 Å². The third-order valence-corrected chi connectivity index (χ3v) is 5.57. The van der Waals surface area contributed by atoms with Crippen molar-refractivity contribution in [3.63, 3.8) is 0 Å². The number of carbonyl (C=O) groups excluding carboxylic acids is 5. The summed E-state index contributed by atoms with van der Waals surface area (Å²) in [5, 5.41) is 3.83. The molecule has 3 aromatic carbocycles. The highest BCUT2D eigenvalue weighted by Crippen LogP contribution is 2.30. The molecule has 1 N–H and O–H groups in total. The third-order valence-electron chi connectivity index (χ3n) is 5.57. The number of nitrogens with one attached hydrogen (secondary N) is 1. The van der Waals surface area contributed by atoms with Gasteiger partial charge in [-0.25, -0.2) is 4.39 Å². The number of carbonyl (C=O) groups is 5. The van der Waals surface area contributed by atoms with Crippen LogP contribution in [0.3, 0.4) is 0 Å². The summed E-state index contributed by atoms with van der Waals surface area (Å²) in [6.45, 7) is 0.615. The molecule has 0 bridgehead atoms. The fraction of sp³-hybridized carbons (Fsp3) is 0.192. The molecule has 1 aliphatic heterocycles. The number of Topliss-reactive ketones (excluding diaryl/α,β-unsaturated/α-hetero) is 1. The summed E-state index contributed by atoms with van der Waals surface area (Å²) in [5.41, 5.74) is 0.781. The number of halogens is 1. The first-order valence-corrected chi connectivity index (χ1v) is 10.9. The van der Waals surface area contributed by atoms with Gasteiger partial charge in [0.25, 0.3) is 11.8 Å². The summed E-state index contributed by atoms with van der Waals surface area (Å²) in [7, 11) is 0. The molecule has 4 rings (SSSR count). The SMILES string of the molecule is CC(=O)Nc1ccc(C(=O)COC(=O)CCCN2C(=O)c3cccc4cccc(c34)C2=O)c(F)c1. The van der Waals surface area contributed by atoms with Crippen LogP contribution in [0.5, 0.6) is 0 Å². The number of hydrogen-bond acceptors (Lipinski definition) is 6. The normalized spacial score (nSPS) is 12.6. The van der Waals surface area contributed by atoms with E-state index in [0.29, 0.717) is 16.5 Å². The molecular weight excluding hydrogens is 455 g/mol. The molecule has 0 unspecified atom stereocenters. The maximum atomic E-state index is 14.2. The van der Waals surface area contributed by atoms with Crippen LogP contribution in [0.25, 0.3) is 10.8 Å². The molecule has 9 heteroatoms. The quantitative estimate of drug-likeness (QED) is 0.301. The van der Waals surface area contributed by atoms with E-state index in [0.717, 1.165) is 16.4 Å². The number of rotatable bonds is 8. The number of ketones is 1. The molecule has 0 aromatic heterocycles. The largest absolute Gasteiger partial charge is 0.457 e. The van der Waals surface area contributed by atoms with Gasteiger partial charge in [0.1, 0.15) is 5.82 Å². The molecule has 0 saturated carbocycles. The standard InChI is InChI=1S/C26H21FN2O6/c1-15(30)28-17-10-11-18(21(27)13-17)22(31)14-35-23(32)9-4-12-29-25(33)19-7-2-5-16-6-3-8-20(24(16)19)26(29)34/h2-3,5-8,10-11,13H,4,9,12,14H2,1H3,(H,28,30). The maximum Gasteiger partial charge on any atom is 0.306 e. The van der Waals surface area contributed by atoms with Gasteiger partial charge in [-0.3, -0.25) is 28.9 Å². The second-order valence-electron chi connectivity index (χ2n) is 8.03. The van der Waals surface area contributed by atoms with E-state index in [-0.39, 0.29) is 36.5 Å². The molecule has 3 aromatic rings. The van der Waals surface area contributed by atoms with Crippen LogP contribution in [-0.2, 0) is 14.3 Å². The Kier molecular flexibility index (Phi) is 6.68. The lowest BCUT2D eigenvalue weighted by Crippen LogP contribution is -2.41. The first-order chi connectivity index (χ1) is 16.8. The van der Waals surface area contributed by atoms with Gasteiger partial charge in [-0.15, -0.1) is 0 Å². The molecule has 0 radical (unpaired) electrons. The van der Waals surface area contributed by atoms with E-state index >= 15 is 0 Å². The van der Waals surface area contributed by atoms with Gasteiger partial charge in [0, 0.05) is 42.1 Å². The van der Waals surface area contributed by atoms with Crippen molar-refractivity contribution >= 4 is 45.9 Å². The van der Waals surface area contributed by atoms with Crippen molar-refractivity contribution in [1.29, 1.82) is 0 Å². The van der Waals surface area contributed by atoms with Gasteiger partial charge < -0.3 is 10.1 Å². The van der Waals surface area contributed by atoms with Crippen molar-refractivity contribution in [3.8, 4) is 0 Å². The van der Waals surface area contributed by atoms with Crippen molar-refractivity contribution in [3.05, 3.63) is 77.1 Å². The van der Waals surface area contributed by atoms with E-state index in [4.69, 9.17) is 4.74 Å². The minimum atomic E-state index is -0.852. The fourth-order valence-corrected chi connectivity index (χ4v) is 3.98. The third kappa shape index (κ3) is 4.93. The molecule has 1 heterocycles. The van der Waals surface area contributed by atoms with Gasteiger partial charge in [0.15, 0.2) is 6.61 Å². The van der Waals surface area contributed by atoms with Gasteiger partial charge in [-0.05, 0) is 42.1 Å². The highest BCUT2D eigenvalue weighted by molar-refractivity contribution is 6.25. The minimum Gasteiger partial charge on any atom is -0.457 e. The number of esters is 1. The first-order valence-electron chi connectivity index (χ1n) is 10.9. The van der Waals surface area contributed by atoms with E-state index in [2.05, 4.69) is 5.32 Å². The highest BCUT2D eigenvalue weighted by Gasteiger charge is 2.32. The van der Waals surface area contributed by atoms with Gasteiger partial charge in [-0.2, -0.15) is 0 Å². The summed E-state index contributed by atoms with van der Waals surface area (Å²) in [6.07, 6.45) is 0.00254. The van der Waals surface area contributed by atoms with Crippen LogP contribution in [-0.4, -0.2) is 47.5 Å². The van der Waals surface area contributed by atoms with Crippen molar-refractivity contribution in [1.82, 2.24) is 4.90 Å². The van der Waals surface area contributed by atoms with Crippen LogP contribution in [0.15, 0.2) is 54.6 Å². The molecule has 0 saturated heterocycles. The van der Waals surface area contributed by atoms with Crippen LogP contribution in [0.4, 0.5) is 10.1 Å². The molecule has 178 valence electrons. The Bertz CT molecular complexity index is 1330. The zero-order valence-corrected chi connectivity index (χ0v) is 18.8. The second kappa shape index (κ2) is 9.84. The van der Waals surface area contributed by atoms with E-state index in [9.17, 15) is 28.4 Å². The Balaban J connectivity index is 1.31. The molecule has 8 nitrogen and oxygen atoms in total. The van der Waals surface area contributed by atoms with Crippen LogP contribution in [0.1, 0.15) is 50.8 Å². The number of amides is 3. The summed E-state index contributed by atoms with van der Waals surface area (Å²) in [6, 6.07) is 14.0. The molecule has 0 spiro atoms. The van der Waals surface area contributed by atoms with Crippen molar-refractivity contribution in [2.45, 2.75) is 19.8 Å². The average molecular weight is 476 g/mol. The Labute approximate surface area is 199 Å². The van der Waals surface area contributed by atoms with Crippen LogP contribution in [0, 0.1) is 5.82 Å². The fourth-order valence-electron chi connectivity index (χ4n) is 3.98. The lowest BCUT2D eigenvalue weighted by molar-refractivity contribution is -0.142. The lowest BCUT2D eigenvalue weighted by atomic mass is 9.94. The first kappa shape index (κ1) is 23.7. The van der Waals surface area contributed by atoms with Gasteiger partial charge in [0.2, 0.25) is 11.7 Å². The lowest BCUT2D eigenvalue weighted by Gasteiger charge is -2.27. The Hall–Kier alpha value is -4.40. The number of hydrogen-bond donors (Lipinski definition) is 1. The molecule has 0 atom stereocenters. The summed E-state index contributed by atoms with van der Waals surface area (Å²) in [5.74, 6) is -3.55. The Morgan fingerprint density at radius 3 is 2.23 bits per heavy atom. The predicted molar refractivity (Wildman–Crippen MR) is 125 cm³/mol.